The highest BCUT2D eigenvalue weighted by Gasteiger charge is 2.27. The second-order valence-corrected chi connectivity index (χ2v) is 6.19. The number of piperidine rings is 1. The zero-order chi connectivity index (χ0) is 12.7. The maximum Gasteiger partial charge on any atom is 0.00357 e. The van der Waals surface area contributed by atoms with Crippen molar-refractivity contribution in [1.29, 1.82) is 0 Å². The van der Waals surface area contributed by atoms with E-state index in [4.69, 9.17) is 0 Å². The summed E-state index contributed by atoms with van der Waals surface area (Å²) in [6.07, 6.45) is 8.20. The van der Waals surface area contributed by atoms with Crippen LogP contribution in [0.3, 0.4) is 0 Å². The van der Waals surface area contributed by atoms with Gasteiger partial charge in [0.2, 0.25) is 0 Å². The van der Waals surface area contributed by atoms with Crippen LogP contribution in [-0.4, -0.2) is 37.6 Å². The lowest BCUT2D eigenvalue weighted by atomic mass is 9.78. The van der Waals surface area contributed by atoms with Crippen molar-refractivity contribution in [2.45, 2.75) is 65.3 Å². The summed E-state index contributed by atoms with van der Waals surface area (Å²) in [5, 5.41) is 3.31. The van der Waals surface area contributed by atoms with Gasteiger partial charge in [-0.15, -0.1) is 0 Å². The maximum atomic E-state index is 3.31. The van der Waals surface area contributed by atoms with Gasteiger partial charge in [-0.05, 0) is 64.7 Å². The average Bonchev–Trinajstić information content (AvgIpc) is 2.36. The van der Waals surface area contributed by atoms with Gasteiger partial charge in [0.15, 0.2) is 0 Å². The third-order valence-electron chi connectivity index (χ3n) is 4.77. The minimum atomic E-state index is 0.636. The van der Waals surface area contributed by atoms with Crippen LogP contribution in [0.2, 0.25) is 0 Å². The molecule has 0 aromatic rings. The van der Waals surface area contributed by atoms with E-state index in [1.165, 1.54) is 58.2 Å². The molecule has 1 fully saturated rings. The third-order valence-corrected chi connectivity index (χ3v) is 4.77. The molecule has 2 heteroatoms. The Morgan fingerprint density at radius 2 is 1.88 bits per heavy atom. The number of likely N-dealkylation sites (tertiary alicyclic amines) is 1. The first kappa shape index (κ1) is 15.0. The summed E-state index contributed by atoms with van der Waals surface area (Å²) in [5.74, 6) is 0. The molecule has 1 saturated heterocycles. The van der Waals surface area contributed by atoms with Crippen molar-refractivity contribution in [3.05, 3.63) is 0 Å². The van der Waals surface area contributed by atoms with Crippen LogP contribution >= 0.6 is 0 Å². The van der Waals surface area contributed by atoms with Crippen molar-refractivity contribution in [1.82, 2.24) is 10.2 Å². The number of rotatable bonds is 7. The lowest BCUT2D eigenvalue weighted by Crippen LogP contribution is -2.38. The molecule has 0 aliphatic carbocycles. The number of hydrogen-bond donors (Lipinski definition) is 1. The van der Waals surface area contributed by atoms with E-state index in [0.29, 0.717) is 11.5 Å². The Kier molecular flexibility index (Phi) is 6.50. The van der Waals surface area contributed by atoms with E-state index < -0.39 is 0 Å². The first-order chi connectivity index (χ1) is 8.09. The Balaban J connectivity index is 2.06. The molecule has 0 amide bonds. The molecule has 1 atom stereocenters. The van der Waals surface area contributed by atoms with Crippen molar-refractivity contribution in [3.8, 4) is 0 Å². The highest BCUT2D eigenvalue weighted by molar-refractivity contribution is 4.81. The fraction of sp³-hybridized carbons (Fsp3) is 1.00. The molecular weight excluding hydrogens is 208 g/mol. The molecule has 17 heavy (non-hydrogen) atoms. The van der Waals surface area contributed by atoms with Crippen LogP contribution in [0.1, 0.15) is 59.3 Å². The standard InChI is InChI=1S/C15H32N2/c1-5-15(3)9-12-17(13-10-15)11-7-6-8-14(2)16-4/h14,16H,5-13H2,1-4H3. The summed E-state index contributed by atoms with van der Waals surface area (Å²) in [6.45, 7) is 11.0. The average molecular weight is 240 g/mol. The summed E-state index contributed by atoms with van der Waals surface area (Å²) in [7, 11) is 2.06. The Morgan fingerprint density at radius 3 is 2.41 bits per heavy atom. The minimum absolute atomic E-state index is 0.636. The topological polar surface area (TPSA) is 15.3 Å². The zero-order valence-electron chi connectivity index (χ0n) is 12.4. The molecule has 102 valence electrons. The second-order valence-electron chi connectivity index (χ2n) is 6.19. The van der Waals surface area contributed by atoms with Gasteiger partial charge in [0.1, 0.15) is 0 Å². The largest absolute Gasteiger partial charge is 0.317 e. The molecule has 1 rings (SSSR count). The molecule has 0 bridgehead atoms. The van der Waals surface area contributed by atoms with E-state index in [-0.39, 0.29) is 0 Å². The Hall–Kier alpha value is -0.0800. The molecule has 1 unspecified atom stereocenters. The van der Waals surface area contributed by atoms with Crippen molar-refractivity contribution in [2.75, 3.05) is 26.7 Å². The zero-order valence-corrected chi connectivity index (χ0v) is 12.4. The normalized spacial score (nSPS) is 22.6. The highest BCUT2D eigenvalue weighted by atomic mass is 15.1. The van der Waals surface area contributed by atoms with Crippen LogP contribution in [0, 0.1) is 5.41 Å². The SMILES string of the molecule is CCC1(C)CCN(CCCCC(C)NC)CC1. The molecule has 0 aromatic carbocycles. The lowest BCUT2D eigenvalue weighted by molar-refractivity contribution is 0.113. The van der Waals surface area contributed by atoms with E-state index in [1.807, 2.05) is 0 Å². The summed E-state index contributed by atoms with van der Waals surface area (Å²) in [5.41, 5.74) is 0.636. The van der Waals surface area contributed by atoms with Gasteiger partial charge in [0.25, 0.3) is 0 Å². The van der Waals surface area contributed by atoms with Crippen LogP contribution < -0.4 is 5.32 Å². The molecule has 1 aliphatic rings. The van der Waals surface area contributed by atoms with Crippen molar-refractivity contribution >= 4 is 0 Å². The Bertz CT molecular complexity index is 195. The Morgan fingerprint density at radius 1 is 1.24 bits per heavy atom. The van der Waals surface area contributed by atoms with Gasteiger partial charge in [0, 0.05) is 6.04 Å². The van der Waals surface area contributed by atoms with E-state index in [1.54, 1.807) is 0 Å². The van der Waals surface area contributed by atoms with Crippen molar-refractivity contribution in [3.63, 3.8) is 0 Å². The minimum Gasteiger partial charge on any atom is -0.317 e. The first-order valence-corrected chi connectivity index (χ1v) is 7.49. The van der Waals surface area contributed by atoms with Gasteiger partial charge in [0.05, 0.1) is 0 Å². The molecule has 0 aromatic heterocycles. The number of unbranched alkanes of at least 4 members (excludes halogenated alkanes) is 1. The van der Waals surface area contributed by atoms with Gasteiger partial charge in [-0.1, -0.05) is 26.7 Å². The molecule has 1 N–H and O–H groups in total. The predicted molar refractivity (Wildman–Crippen MR) is 76.4 cm³/mol. The molecule has 1 aliphatic heterocycles. The monoisotopic (exact) mass is 240 g/mol. The first-order valence-electron chi connectivity index (χ1n) is 7.49. The lowest BCUT2D eigenvalue weighted by Gasteiger charge is -2.39. The molecule has 2 nitrogen and oxygen atoms in total. The van der Waals surface area contributed by atoms with Gasteiger partial charge in [-0.3, -0.25) is 0 Å². The second kappa shape index (κ2) is 7.38. The van der Waals surface area contributed by atoms with Crippen LogP contribution in [0.5, 0.6) is 0 Å². The smallest absolute Gasteiger partial charge is 0.00357 e. The summed E-state index contributed by atoms with van der Waals surface area (Å²) >= 11 is 0. The van der Waals surface area contributed by atoms with Crippen LogP contribution in [-0.2, 0) is 0 Å². The van der Waals surface area contributed by atoms with Crippen molar-refractivity contribution < 1.29 is 0 Å². The highest BCUT2D eigenvalue weighted by Crippen LogP contribution is 2.33. The molecule has 0 spiro atoms. The Labute approximate surface area is 108 Å². The van der Waals surface area contributed by atoms with Gasteiger partial charge >= 0.3 is 0 Å². The summed E-state index contributed by atoms with van der Waals surface area (Å²) < 4.78 is 0. The molecule has 0 saturated carbocycles. The molecule has 1 heterocycles. The van der Waals surface area contributed by atoms with E-state index in [0.717, 1.165) is 0 Å². The quantitative estimate of drug-likeness (QED) is 0.687. The third kappa shape index (κ3) is 5.39. The number of hydrogen-bond acceptors (Lipinski definition) is 2. The van der Waals surface area contributed by atoms with E-state index in [9.17, 15) is 0 Å². The number of nitrogens with zero attached hydrogens (tertiary/aromatic N) is 1. The van der Waals surface area contributed by atoms with Crippen LogP contribution in [0.25, 0.3) is 0 Å². The van der Waals surface area contributed by atoms with Crippen LogP contribution in [0.15, 0.2) is 0 Å². The van der Waals surface area contributed by atoms with Crippen molar-refractivity contribution in [2.24, 2.45) is 5.41 Å². The maximum absolute atomic E-state index is 3.31. The van der Waals surface area contributed by atoms with E-state index >= 15 is 0 Å². The predicted octanol–water partition coefficient (Wildman–Crippen LogP) is 3.28. The molecule has 0 radical (unpaired) electrons. The van der Waals surface area contributed by atoms with E-state index in [2.05, 4.69) is 38.0 Å². The number of nitrogens with one attached hydrogen (secondary N) is 1. The fourth-order valence-electron chi connectivity index (χ4n) is 2.60. The summed E-state index contributed by atoms with van der Waals surface area (Å²) in [4.78, 5) is 2.67. The van der Waals surface area contributed by atoms with Crippen LogP contribution in [0.4, 0.5) is 0 Å². The van der Waals surface area contributed by atoms with Gasteiger partial charge in [-0.2, -0.15) is 0 Å². The van der Waals surface area contributed by atoms with Gasteiger partial charge in [-0.25, -0.2) is 0 Å². The fourth-order valence-corrected chi connectivity index (χ4v) is 2.60. The van der Waals surface area contributed by atoms with Gasteiger partial charge < -0.3 is 10.2 Å². The summed E-state index contributed by atoms with van der Waals surface area (Å²) in [6, 6.07) is 0.680. The molecular formula is C15H32N2.